The van der Waals surface area contributed by atoms with Gasteiger partial charge in [0, 0.05) is 39.1 Å². The van der Waals surface area contributed by atoms with Crippen molar-refractivity contribution in [3.05, 3.63) is 36.2 Å². The van der Waals surface area contributed by atoms with Crippen LogP contribution in [0.1, 0.15) is 5.56 Å². The van der Waals surface area contributed by atoms with Crippen LogP contribution >= 0.6 is 0 Å². The summed E-state index contributed by atoms with van der Waals surface area (Å²) in [7, 11) is 7.18. The number of ether oxygens (including phenoxy) is 2. The summed E-state index contributed by atoms with van der Waals surface area (Å²) in [4.78, 5) is 10.4. The minimum Gasteiger partial charge on any atom is -0.481 e. The second kappa shape index (κ2) is 6.78. The fourth-order valence-electron chi connectivity index (χ4n) is 1.95. The van der Waals surface area contributed by atoms with E-state index in [1.165, 1.54) is 0 Å². The topological polar surface area (TPSA) is 59.5 Å². The summed E-state index contributed by atoms with van der Waals surface area (Å²) in [6, 6.07) is 5.75. The number of hydrogen-bond donors (Lipinski definition) is 1. The third-order valence-corrected chi connectivity index (χ3v) is 3.05. The smallest absolute Gasteiger partial charge is 0.239 e. The van der Waals surface area contributed by atoms with E-state index in [4.69, 9.17) is 9.47 Å². The minimum atomic E-state index is 0.572. The highest BCUT2D eigenvalue weighted by molar-refractivity contribution is 5.74. The van der Waals surface area contributed by atoms with Crippen molar-refractivity contribution in [1.82, 2.24) is 9.97 Å². The first-order valence-corrected chi connectivity index (χ1v) is 6.58. The molecule has 6 nitrogen and oxygen atoms in total. The molecule has 0 bridgehead atoms. The van der Waals surface area contributed by atoms with Gasteiger partial charge in [-0.25, -0.2) is 9.97 Å². The van der Waals surface area contributed by atoms with Gasteiger partial charge in [0.05, 0.1) is 19.9 Å². The molecule has 0 aliphatic rings. The van der Waals surface area contributed by atoms with Crippen LogP contribution < -0.4 is 19.7 Å². The number of nitrogens with zero attached hydrogens (tertiary/aromatic N) is 3. The molecule has 0 fully saturated rings. The van der Waals surface area contributed by atoms with Gasteiger partial charge in [0.2, 0.25) is 11.8 Å². The maximum atomic E-state index is 5.33. The number of nitrogens with one attached hydrogen (secondary N) is 1. The number of aromatic nitrogens is 2. The second-order valence-corrected chi connectivity index (χ2v) is 4.67. The van der Waals surface area contributed by atoms with E-state index in [9.17, 15) is 0 Å². The van der Waals surface area contributed by atoms with Crippen LogP contribution in [0, 0.1) is 0 Å². The highest BCUT2D eigenvalue weighted by atomic mass is 16.5. The van der Waals surface area contributed by atoms with Crippen molar-refractivity contribution in [2.75, 3.05) is 38.5 Å². The maximum absolute atomic E-state index is 5.33. The summed E-state index contributed by atoms with van der Waals surface area (Å²) in [5.74, 6) is 1.18. The molecule has 112 valence electrons. The molecule has 21 heavy (non-hydrogen) atoms. The van der Waals surface area contributed by atoms with Gasteiger partial charge in [-0.15, -0.1) is 0 Å². The molecule has 2 heterocycles. The molecular formula is C15H20N4O2. The van der Waals surface area contributed by atoms with E-state index >= 15 is 0 Å². The van der Waals surface area contributed by atoms with E-state index in [-0.39, 0.29) is 0 Å². The van der Waals surface area contributed by atoms with Crippen molar-refractivity contribution in [2.24, 2.45) is 0 Å². The molecule has 0 saturated carbocycles. The summed E-state index contributed by atoms with van der Waals surface area (Å²) in [5, 5.41) is 3.36. The fourth-order valence-corrected chi connectivity index (χ4v) is 1.95. The zero-order valence-corrected chi connectivity index (χ0v) is 12.8. The van der Waals surface area contributed by atoms with Crippen molar-refractivity contribution >= 4 is 11.4 Å². The largest absolute Gasteiger partial charge is 0.481 e. The predicted octanol–water partition coefficient (Wildman–Crippen LogP) is 2.17. The Morgan fingerprint density at radius 1 is 1.10 bits per heavy atom. The quantitative estimate of drug-likeness (QED) is 0.879. The summed E-state index contributed by atoms with van der Waals surface area (Å²) < 4.78 is 10.4. The zero-order chi connectivity index (χ0) is 15.2. The number of rotatable bonds is 6. The minimum absolute atomic E-state index is 0.572. The van der Waals surface area contributed by atoms with E-state index in [1.807, 2.05) is 37.2 Å². The molecule has 2 aromatic heterocycles. The van der Waals surface area contributed by atoms with Crippen molar-refractivity contribution in [1.29, 1.82) is 0 Å². The highest BCUT2D eigenvalue weighted by Gasteiger charge is 2.11. The fraction of sp³-hybridized carbons (Fsp3) is 0.333. The van der Waals surface area contributed by atoms with Gasteiger partial charge >= 0.3 is 0 Å². The number of hydrogen-bond acceptors (Lipinski definition) is 6. The number of pyridine rings is 2. The number of anilines is 2. The molecule has 0 aromatic carbocycles. The Labute approximate surface area is 124 Å². The molecule has 0 spiro atoms. The molecule has 0 unspecified atom stereocenters. The van der Waals surface area contributed by atoms with Gasteiger partial charge < -0.3 is 19.7 Å². The van der Waals surface area contributed by atoms with Gasteiger partial charge in [-0.05, 0) is 11.6 Å². The van der Waals surface area contributed by atoms with Crippen LogP contribution in [-0.2, 0) is 6.54 Å². The van der Waals surface area contributed by atoms with Gasteiger partial charge in [-0.1, -0.05) is 6.07 Å². The lowest BCUT2D eigenvalue weighted by atomic mass is 10.2. The summed E-state index contributed by atoms with van der Waals surface area (Å²) >= 11 is 0. The lowest BCUT2D eigenvalue weighted by Crippen LogP contribution is -2.13. The van der Waals surface area contributed by atoms with Crippen LogP contribution in [0.5, 0.6) is 11.8 Å². The molecule has 2 aromatic rings. The normalized spacial score (nSPS) is 10.1. The van der Waals surface area contributed by atoms with Gasteiger partial charge in [0.25, 0.3) is 0 Å². The number of methoxy groups -OCH3 is 2. The van der Waals surface area contributed by atoms with Gasteiger partial charge in [0.15, 0.2) is 0 Å². The van der Waals surface area contributed by atoms with Crippen molar-refractivity contribution in [2.45, 2.75) is 6.54 Å². The van der Waals surface area contributed by atoms with Crippen LogP contribution in [0.15, 0.2) is 30.6 Å². The molecular weight excluding hydrogens is 268 g/mol. The lowest BCUT2D eigenvalue weighted by molar-refractivity contribution is 0.397. The van der Waals surface area contributed by atoms with Crippen molar-refractivity contribution in [3.8, 4) is 11.8 Å². The van der Waals surface area contributed by atoms with E-state index in [1.54, 1.807) is 26.6 Å². The molecule has 0 radical (unpaired) electrons. The average molecular weight is 288 g/mol. The Hall–Kier alpha value is -2.50. The summed E-state index contributed by atoms with van der Waals surface area (Å²) in [6.07, 6.45) is 3.51. The van der Waals surface area contributed by atoms with Gasteiger partial charge in [-0.2, -0.15) is 0 Å². The molecule has 6 heteroatoms. The van der Waals surface area contributed by atoms with Crippen LogP contribution in [0.25, 0.3) is 0 Å². The molecule has 0 aliphatic heterocycles. The van der Waals surface area contributed by atoms with Crippen LogP contribution in [0.4, 0.5) is 11.4 Å². The predicted molar refractivity (Wildman–Crippen MR) is 83.2 cm³/mol. The van der Waals surface area contributed by atoms with Gasteiger partial charge in [-0.3, -0.25) is 0 Å². The molecule has 0 atom stereocenters. The Bertz CT molecular complexity index is 585. The molecule has 1 N–H and O–H groups in total. The first kappa shape index (κ1) is 14.9. The van der Waals surface area contributed by atoms with E-state index in [2.05, 4.69) is 15.3 Å². The van der Waals surface area contributed by atoms with E-state index < -0.39 is 0 Å². The standard InChI is InChI=1S/C15H20N4O2/c1-19(2)12-7-8-16-15(21-4)14(12)18-10-11-5-6-13(20-3)17-9-11/h5-9,18H,10H2,1-4H3. The van der Waals surface area contributed by atoms with Crippen LogP contribution in [0.3, 0.4) is 0 Å². The molecule has 0 saturated heterocycles. The Morgan fingerprint density at radius 3 is 2.48 bits per heavy atom. The molecule has 0 aliphatic carbocycles. The second-order valence-electron chi connectivity index (χ2n) is 4.67. The van der Waals surface area contributed by atoms with Gasteiger partial charge in [0.1, 0.15) is 5.69 Å². The van der Waals surface area contributed by atoms with Crippen molar-refractivity contribution in [3.63, 3.8) is 0 Å². The lowest BCUT2D eigenvalue weighted by Gasteiger charge is -2.20. The Morgan fingerprint density at radius 2 is 1.90 bits per heavy atom. The van der Waals surface area contributed by atoms with Crippen LogP contribution in [0.2, 0.25) is 0 Å². The Kier molecular flexibility index (Phi) is 4.81. The highest BCUT2D eigenvalue weighted by Crippen LogP contribution is 2.32. The third-order valence-electron chi connectivity index (χ3n) is 3.05. The SMILES string of the molecule is COc1ccc(CNc2c(N(C)C)ccnc2OC)cn1. The first-order valence-electron chi connectivity index (χ1n) is 6.58. The molecule has 2 rings (SSSR count). The summed E-state index contributed by atoms with van der Waals surface area (Å²) in [6.45, 7) is 0.625. The summed E-state index contributed by atoms with van der Waals surface area (Å²) in [5.41, 5.74) is 2.93. The van der Waals surface area contributed by atoms with Crippen molar-refractivity contribution < 1.29 is 9.47 Å². The van der Waals surface area contributed by atoms with Crippen LogP contribution in [-0.4, -0.2) is 38.3 Å². The third kappa shape index (κ3) is 3.53. The molecule has 0 amide bonds. The van der Waals surface area contributed by atoms with E-state index in [0.29, 0.717) is 18.3 Å². The van der Waals surface area contributed by atoms with E-state index in [0.717, 1.165) is 16.9 Å². The average Bonchev–Trinajstić information content (AvgIpc) is 2.52. The maximum Gasteiger partial charge on any atom is 0.239 e. The Balaban J connectivity index is 2.18. The zero-order valence-electron chi connectivity index (χ0n) is 12.8. The first-order chi connectivity index (χ1) is 10.2. The monoisotopic (exact) mass is 288 g/mol.